The highest BCUT2D eigenvalue weighted by Gasteiger charge is 2.21. The topological polar surface area (TPSA) is 59.0 Å². The summed E-state index contributed by atoms with van der Waals surface area (Å²) >= 11 is 0. The Morgan fingerprint density at radius 3 is 2.85 bits per heavy atom. The van der Waals surface area contributed by atoms with Crippen LogP contribution in [0.3, 0.4) is 0 Å². The summed E-state index contributed by atoms with van der Waals surface area (Å²) in [5, 5.41) is 6.52. The molecule has 0 radical (unpaired) electrons. The standard InChI is InChI=1S/C20H30N4O.2ClH/c1-3-24-18-9-5-4-8-17(18)23-19(24)10-12-22-20(25)13-15(2)16-7-6-11-21-14-16;;/h4-5,8-9,15-16,21H,3,6-7,10-14H2,1-2H3,(H,22,25);2*1H. The van der Waals surface area contributed by atoms with Crippen LogP contribution in [0.25, 0.3) is 11.0 Å². The van der Waals surface area contributed by atoms with E-state index in [4.69, 9.17) is 4.98 Å². The average Bonchev–Trinajstić information content (AvgIpc) is 2.99. The van der Waals surface area contributed by atoms with Gasteiger partial charge in [-0.05, 0) is 56.8 Å². The minimum absolute atomic E-state index is 0. The van der Waals surface area contributed by atoms with Gasteiger partial charge in [-0.25, -0.2) is 4.98 Å². The van der Waals surface area contributed by atoms with Crippen molar-refractivity contribution in [3.63, 3.8) is 0 Å². The molecule has 3 rings (SSSR count). The number of fused-ring (bicyclic) bond motifs is 1. The van der Waals surface area contributed by atoms with Crippen LogP contribution < -0.4 is 10.6 Å². The lowest BCUT2D eigenvalue weighted by Crippen LogP contribution is -2.36. The number of hydrogen-bond donors (Lipinski definition) is 2. The van der Waals surface area contributed by atoms with Gasteiger partial charge < -0.3 is 15.2 Å². The highest BCUT2D eigenvalue weighted by molar-refractivity contribution is 5.85. The number of aromatic nitrogens is 2. The van der Waals surface area contributed by atoms with E-state index in [9.17, 15) is 4.79 Å². The molecule has 27 heavy (non-hydrogen) atoms. The van der Waals surface area contributed by atoms with Crippen molar-refractivity contribution < 1.29 is 4.79 Å². The van der Waals surface area contributed by atoms with Crippen molar-refractivity contribution >= 4 is 41.8 Å². The molecule has 0 aliphatic carbocycles. The van der Waals surface area contributed by atoms with Crippen LogP contribution in [0, 0.1) is 11.8 Å². The molecule has 2 N–H and O–H groups in total. The number of aryl methyl sites for hydroxylation is 1. The van der Waals surface area contributed by atoms with Crippen molar-refractivity contribution in [2.24, 2.45) is 11.8 Å². The van der Waals surface area contributed by atoms with Gasteiger partial charge in [-0.3, -0.25) is 4.79 Å². The maximum absolute atomic E-state index is 12.3. The van der Waals surface area contributed by atoms with Crippen LogP contribution in [0.15, 0.2) is 24.3 Å². The van der Waals surface area contributed by atoms with Gasteiger partial charge in [0.15, 0.2) is 0 Å². The number of para-hydroxylation sites is 2. The Bertz CT molecular complexity index is 713. The lowest BCUT2D eigenvalue weighted by atomic mass is 9.85. The summed E-state index contributed by atoms with van der Waals surface area (Å²) in [6.07, 6.45) is 3.86. The summed E-state index contributed by atoms with van der Waals surface area (Å²) in [5.41, 5.74) is 2.20. The molecule has 1 aliphatic heterocycles. The van der Waals surface area contributed by atoms with Gasteiger partial charge in [-0.1, -0.05) is 19.1 Å². The zero-order chi connectivity index (χ0) is 17.6. The number of rotatable bonds is 7. The van der Waals surface area contributed by atoms with Gasteiger partial charge in [0.05, 0.1) is 11.0 Å². The first-order chi connectivity index (χ1) is 12.2. The first-order valence-corrected chi connectivity index (χ1v) is 9.60. The minimum Gasteiger partial charge on any atom is -0.356 e. The van der Waals surface area contributed by atoms with Crippen molar-refractivity contribution in [1.82, 2.24) is 20.2 Å². The molecule has 2 aromatic rings. The second kappa shape index (κ2) is 11.5. The first-order valence-electron chi connectivity index (χ1n) is 9.60. The van der Waals surface area contributed by atoms with Crippen LogP contribution in [0.2, 0.25) is 0 Å². The molecule has 0 saturated carbocycles. The summed E-state index contributed by atoms with van der Waals surface area (Å²) in [4.78, 5) is 17.0. The molecule has 1 aromatic carbocycles. The summed E-state index contributed by atoms with van der Waals surface area (Å²) in [6, 6.07) is 8.21. The van der Waals surface area contributed by atoms with Crippen LogP contribution >= 0.6 is 24.8 Å². The van der Waals surface area contributed by atoms with Crippen LogP contribution in [0.4, 0.5) is 0 Å². The SMILES string of the molecule is CCn1c(CCNC(=O)CC(C)C2CCCNC2)nc2ccccc21.Cl.Cl. The van der Waals surface area contributed by atoms with E-state index in [0.717, 1.165) is 37.4 Å². The van der Waals surface area contributed by atoms with E-state index < -0.39 is 0 Å². The Labute approximate surface area is 174 Å². The molecule has 0 spiro atoms. The lowest BCUT2D eigenvalue weighted by molar-refractivity contribution is -0.122. The number of carbonyl (C=O) groups is 1. The zero-order valence-electron chi connectivity index (χ0n) is 16.2. The summed E-state index contributed by atoms with van der Waals surface area (Å²) in [7, 11) is 0. The fourth-order valence-electron chi connectivity index (χ4n) is 3.88. The number of nitrogens with one attached hydrogen (secondary N) is 2. The van der Waals surface area contributed by atoms with Gasteiger partial charge >= 0.3 is 0 Å². The largest absolute Gasteiger partial charge is 0.356 e. The number of nitrogens with zero attached hydrogens (tertiary/aromatic N) is 2. The number of benzene rings is 1. The van der Waals surface area contributed by atoms with Gasteiger partial charge in [0.2, 0.25) is 5.91 Å². The van der Waals surface area contributed by atoms with E-state index in [1.807, 2.05) is 18.2 Å². The average molecular weight is 415 g/mol. The highest BCUT2D eigenvalue weighted by atomic mass is 35.5. The predicted octanol–water partition coefficient (Wildman–Crippen LogP) is 3.58. The molecule has 1 aromatic heterocycles. The van der Waals surface area contributed by atoms with Crippen molar-refractivity contribution in [2.45, 2.75) is 46.1 Å². The van der Waals surface area contributed by atoms with Crippen molar-refractivity contribution in [2.75, 3.05) is 19.6 Å². The maximum Gasteiger partial charge on any atom is 0.220 e. The molecule has 0 bridgehead atoms. The zero-order valence-corrected chi connectivity index (χ0v) is 17.9. The van der Waals surface area contributed by atoms with E-state index >= 15 is 0 Å². The summed E-state index contributed by atoms with van der Waals surface area (Å²) < 4.78 is 2.23. The third-order valence-corrected chi connectivity index (χ3v) is 5.37. The molecule has 2 heterocycles. The fourth-order valence-corrected chi connectivity index (χ4v) is 3.88. The monoisotopic (exact) mass is 414 g/mol. The lowest BCUT2D eigenvalue weighted by Gasteiger charge is -2.28. The van der Waals surface area contributed by atoms with Crippen LogP contribution in [0.5, 0.6) is 0 Å². The van der Waals surface area contributed by atoms with Crippen molar-refractivity contribution in [1.29, 1.82) is 0 Å². The maximum atomic E-state index is 12.3. The normalized spacial score (nSPS) is 17.6. The third kappa shape index (κ3) is 6.09. The highest BCUT2D eigenvalue weighted by Crippen LogP contribution is 2.22. The van der Waals surface area contributed by atoms with Gasteiger partial charge in [-0.2, -0.15) is 0 Å². The molecular formula is C20H32Cl2N4O. The third-order valence-electron chi connectivity index (χ3n) is 5.37. The molecule has 1 amide bonds. The van der Waals surface area contributed by atoms with E-state index in [1.165, 1.54) is 18.4 Å². The Morgan fingerprint density at radius 1 is 1.37 bits per heavy atom. The van der Waals surface area contributed by atoms with Gasteiger partial charge in [0.1, 0.15) is 5.82 Å². The molecule has 2 unspecified atom stereocenters. The molecule has 2 atom stereocenters. The summed E-state index contributed by atoms with van der Waals surface area (Å²) in [6.45, 7) is 8.06. The molecule has 1 saturated heterocycles. The number of imidazole rings is 1. The van der Waals surface area contributed by atoms with Crippen molar-refractivity contribution in [3.05, 3.63) is 30.1 Å². The second-order valence-corrected chi connectivity index (χ2v) is 7.15. The minimum atomic E-state index is 0. The van der Waals surface area contributed by atoms with E-state index in [-0.39, 0.29) is 30.7 Å². The Kier molecular flexibility index (Phi) is 10.1. The Balaban J connectivity index is 0.00000182. The molecule has 152 valence electrons. The quantitative estimate of drug-likeness (QED) is 0.727. The number of amides is 1. The molecule has 5 nitrogen and oxygen atoms in total. The van der Waals surface area contributed by atoms with Gasteiger partial charge in [0, 0.05) is 25.9 Å². The van der Waals surface area contributed by atoms with Crippen LogP contribution in [-0.4, -0.2) is 35.1 Å². The number of piperidine rings is 1. The molecular weight excluding hydrogens is 383 g/mol. The Morgan fingerprint density at radius 2 is 2.15 bits per heavy atom. The predicted molar refractivity (Wildman–Crippen MR) is 116 cm³/mol. The smallest absolute Gasteiger partial charge is 0.220 e. The van der Waals surface area contributed by atoms with Gasteiger partial charge in [-0.15, -0.1) is 24.8 Å². The van der Waals surface area contributed by atoms with Crippen molar-refractivity contribution in [3.8, 4) is 0 Å². The van der Waals surface area contributed by atoms with Gasteiger partial charge in [0.25, 0.3) is 0 Å². The summed E-state index contributed by atoms with van der Waals surface area (Å²) in [5.74, 6) is 2.28. The molecule has 1 fully saturated rings. The Hall–Kier alpha value is -1.30. The molecule has 7 heteroatoms. The first kappa shape index (κ1) is 23.7. The number of hydrogen-bond acceptors (Lipinski definition) is 3. The fraction of sp³-hybridized carbons (Fsp3) is 0.600. The van der Waals surface area contributed by atoms with E-state index in [1.54, 1.807) is 0 Å². The number of carbonyl (C=O) groups excluding carboxylic acids is 1. The molecule has 1 aliphatic rings. The van der Waals surface area contributed by atoms with E-state index in [2.05, 4.69) is 35.1 Å². The second-order valence-electron chi connectivity index (χ2n) is 7.15. The van der Waals surface area contributed by atoms with E-state index in [0.29, 0.717) is 24.8 Å². The van der Waals surface area contributed by atoms with Crippen LogP contribution in [0.1, 0.15) is 38.9 Å². The van der Waals surface area contributed by atoms with Crippen LogP contribution in [-0.2, 0) is 17.8 Å². The number of halogens is 2.